The third-order valence-electron chi connectivity index (χ3n) is 4.70. The number of aromatic hydroxyl groups is 1. The molecule has 1 aromatic heterocycles. The van der Waals surface area contributed by atoms with E-state index in [4.69, 9.17) is 4.42 Å². The van der Waals surface area contributed by atoms with Crippen LogP contribution in [0.5, 0.6) is 5.75 Å². The largest absolute Gasteiger partial charge is 0.508 e. The minimum Gasteiger partial charge on any atom is -0.508 e. The summed E-state index contributed by atoms with van der Waals surface area (Å²) in [5, 5.41) is 10.4. The van der Waals surface area contributed by atoms with Crippen LogP contribution in [-0.2, 0) is 6.42 Å². The summed E-state index contributed by atoms with van der Waals surface area (Å²) in [6.45, 7) is 9.30. The maximum atomic E-state index is 12.2. The molecule has 0 aliphatic carbocycles. The zero-order valence-electron chi connectivity index (χ0n) is 13.3. The van der Waals surface area contributed by atoms with Crippen LogP contribution in [0.3, 0.4) is 0 Å². The SMILES string of the molecule is CC[N+](C)(CC)CCc1c(C)c2ccc(O)cc2oc1=O. The molecule has 1 N–H and O–H groups in total. The maximum absolute atomic E-state index is 12.2. The van der Waals surface area contributed by atoms with Gasteiger partial charge in [-0.25, -0.2) is 4.79 Å². The second kappa shape index (κ2) is 5.90. The fraction of sp³-hybridized carbons (Fsp3) is 0.471. The van der Waals surface area contributed by atoms with Crippen LogP contribution in [0.25, 0.3) is 11.0 Å². The van der Waals surface area contributed by atoms with Crippen LogP contribution in [0.1, 0.15) is 25.0 Å². The van der Waals surface area contributed by atoms with Gasteiger partial charge in [0, 0.05) is 23.4 Å². The van der Waals surface area contributed by atoms with Crippen molar-refractivity contribution < 1.29 is 14.0 Å². The summed E-state index contributed by atoms with van der Waals surface area (Å²) < 4.78 is 6.30. The highest BCUT2D eigenvalue weighted by Crippen LogP contribution is 2.23. The van der Waals surface area contributed by atoms with Gasteiger partial charge in [0.2, 0.25) is 0 Å². The average molecular weight is 290 g/mol. The number of likely N-dealkylation sites (N-methyl/N-ethyl adjacent to an activating group) is 1. The summed E-state index contributed by atoms with van der Waals surface area (Å²) in [5.41, 5.74) is 1.87. The zero-order chi connectivity index (χ0) is 15.6. The molecule has 0 saturated carbocycles. The summed E-state index contributed by atoms with van der Waals surface area (Å²) in [5.74, 6) is 0.110. The Morgan fingerprint density at radius 3 is 2.52 bits per heavy atom. The molecule has 0 atom stereocenters. The number of hydrogen-bond acceptors (Lipinski definition) is 3. The first kappa shape index (κ1) is 15.6. The van der Waals surface area contributed by atoms with Gasteiger partial charge in [0.15, 0.2) is 0 Å². The molecule has 0 amide bonds. The van der Waals surface area contributed by atoms with Gasteiger partial charge in [0.25, 0.3) is 0 Å². The van der Waals surface area contributed by atoms with Crippen LogP contribution in [0.4, 0.5) is 0 Å². The molecule has 2 aromatic rings. The molecule has 1 aromatic carbocycles. The number of quaternary nitrogens is 1. The molecule has 2 rings (SSSR count). The molecule has 0 radical (unpaired) electrons. The molecular formula is C17H24NO3+. The van der Waals surface area contributed by atoms with Crippen LogP contribution in [0.15, 0.2) is 27.4 Å². The molecule has 0 spiro atoms. The van der Waals surface area contributed by atoms with Crippen molar-refractivity contribution in [3.8, 4) is 5.75 Å². The highest BCUT2D eigenvalue weighted by atomic mass is 16.4. The molecule has 0 aliphatic heterocycles. The molecule has 0 aliphatic rings. The van der Waals surface area contributed by atoms with E-state index in [1.54, 1.807) is 12.1 Å². The van der Waals surface area contributed by atoms with Gasteiger partial charge in [-0.3, -0.25) is 0 Å². The quantitative estimate of drug-likeness (QED) is 0.680. The fourth-order valence-electron chi connectivity index (χ4n) is 2.59. The lowest BCUT2D eigenvalue weighted by molar-refractivity contribution is -0.905. The van der Waals surface area contributed by atoms with E-state index in [1.165, 1.54) is 6.07 Å². The molecule has 4 heteroatoms. The Morgan fingerprint density at radius 2 is 1.90 bits per heavy atom. The highest BCUT2D eigenvalue weighted by Gasteiger charge is 2.19. The second-order valence-corrected chi connectivity index (χ2v) is 5.90. The van der Waals surface area contributed by atoms with Crippen molar-refractivity contribution in [2.45, 2.75) is 27.2 Å². The van der Waals surface area contributed by atoms with Crippen molar-refractivity contribution >= 4 is 11.0 Å². The Hall–Kier alpha value is -1.81. The molecule has 0 bridgehead atoms. The van der Waals surface area contributed by atoms with Gasteiger partial charge < -0.3 is 14.0 Å². The lowest BCUT2D eigenvalue weighted by Gasteiger charge is -2.32. The summed E-state index contributed by atoms with van der Waals surface area (Å²) in [6.07, 6.45) is 0.711. The summed E-state index contributed by atoms with van der Waals surface area (Å²) >= 11 is 0. The Labute approximate surface area is 125 Å². The van der Waals surface area contributed by atoms with Gasteiger partial charge in [0.05, 0.1) is 26.7 Å². The smallest absolute Gasteiger partial charge is 0.339 e. The van der Waals surface area contributed by atoms with Crippen molar-refractivity contribution in [2.24, 2.45) is 0 Å². The number of aryl methyl sites for hydroxylation is 1. The van der Waals surface area contributed by atoms with E-state index >= 15 is 0 Å². The third kappa shape index (κ3) is 3.10. The van der Waals surface area contributed by atoms with E-state index in [-0.39, 0.29) is 11.4 Å². The minimum absolute atomic E-state index is 0.110. The van der Waals surface area contributed by atoms with Gasteiger partial charge in [-0.05, 0) is 38.5 Å². The van der Waals surface area contributed by atoms with Gasteiger partial charge >= 0.3 is 5.63 Å². The number of benzene rings is 1. The molecule has 4 nitrogen and oxygen atoms in total. The predicted molar refractivity (Wildman–Crippen MR) is 84.7 cm³/mol. The molecule has 21 heavy (non-hydrogen) atoms. The van der Waals surface area contributed by atoms with Crippen molar-refractivity contribution in [3.63, 3.8) is 0 Å². The number of rotatable bonds is 5. The number of nitrogens with zero attached hydrogens (tertiary/aromatic N) is 1. The van der Waals surface area contributed by atoms with E-state index < -0.39 is 0 Å². The minimum atomic E-state index is -0.288. The molecule has 0 saturated heterocycles. The maximum Gasteiger partial charge on any atom is 0.339 e. The predicted octanol–water partition coefficient (Wildman–Crippen LogP) is 2.84. The zero-order valence-corrected chi connectivity index (χ0v) is 13.3. The Kier molecular flexibility index (Phi) is 4.37. The Morgan fingerprint density at radius 1 is 1.24 bits per heavy atom. The first-order valence-corrected chi connectivity index (χ1v) is 7.49. The topological polar surface area (TPSA) is 50.4 Å². The van der Waals surface area contributed by atoms with Gasteiger partial charge in [-0.15, -0.1) is 0 Å². The second-order valence-electron chi connectivity index (χ2n) is 5.90. The van der Waals surface area contributed by atoms with E-state index in [9.17, 15) is 9.90 Å². The van der Waals surface area contributed by atoms with E-state index in [0.717, 1.165) is 40.6 Å². The highest BCUT2D eigenvalue weighted by molar-refractivity contribution is 5.82. The van der Waals surface area contributed by atoms with Crippen LogP contribution in [-0.4, -0.2) is 36.3 Å². The number of phenolic OH excluding ortho intramolecular Hbond substituents is 1. The van der Waals surface area contributed by atoms with E-state index in [0.29, 0.717) is 12.0 Å². The third-order valence-corrected chi connectivity index (χ3v) is 4.70. The normalized spacial score (nSPS) is 12.0. The van der Waals surface area contributed by atoms with Crippen molar-refractivity contribution in [1.29, 1.82) is 0 Å². The first-order valence-electron chi connectivity index (χ1n) is 7.49. The lowest BCUT2D eigenvalue weighted by Crippen LogP contribution is -2.45. The molecule has 0 unspecified atom stereocenters. The summed E-state index contributed by atoms with van der Waals surface area (Å²) in [4.78, 5) is 12.2. The Bertz CT molecular complexity index is 699. The van der Waals surface area contributed by atoms with Crippen LogP contribution >= 0.6 is 0 Å². The fourth-order valence-corrected chi connectivity index (χ4v) is 2.59. The molecule has 114 valence electrons. The van der Waals surface area contributed by atoms with Crippen LogP contribution < -0.4 is 5.63 Å². The van der Waals surface area contributed by atoms with Crippen molar-refractivity contribution in [3.05, 3.63) is 39.7 Å². The first-order chi connectivity index (χ1) is 9.90. The van der Waals surface area contributed by atoms with Gasteiger partial charge in [-0.2, -0.15) is 0 Å². The summed E-state index contributed by atoms with van der Waals surface area (Å²) in [7, 11) is 2.20. The number of hydrogen-bond donors (Lipinski definition) is 1. The average Bonchev–Trinajstić information content (AvgIpc) is 2.46. The van der Waals surface area contributed by atoms with Gasteiger partial charge in [0.1, 0.15) is 11.3 Å². The number of phenols is 1. The molecular weight excluding hydrogens is 266 g/mol. The number of fused-ring (bicyclic) bond motifs is 1. The monoisotopic (exact) mass is 290 g/mol. The van der Waals surface area contributed by atoms with Crippen molar-refractivity contribution in [2.75, 3.05) is 26.7 Å². The molecule has 0 fully saturated rings. The standard InChI is InChI=1S/C17H23NO3/c1-5-18(4,6-2)10-9-15-12(3)14-8-7-13(19)11-16(14)21-17(15)20/h7-8,11H,5-6,9-10H2,1-4H3/p+1. The summed E-state index contributed by atoms with van der Waals surface area (Å²) in [6, 6.07) is 4.92. The molecule has 1 heterocycles. The van der Waals surface area contributed by atoms with E-state index in [2.05, 4.69) is 20.9 Å². The van der Waals surface area contributed by atoms with Crippen LogP contribution in [0.2, 0.25) is 0 Å². The Balaban J connectivity index is 2.41. The van der Waals surface area contributed by atoms with E-state index in [1.807, 2.05) is 6.92 Å². The van der Waals surface area contributed by atoms with Crippen molar-refractivity contribution in [1.82, 2.24) is 0 Å². The van der Waals surface area contributed by atoms with Gasteiger partial charge in [-0.1, -0.05) is 0 Å². The lowest BCUT2D eigenvalue weighted by atomic mass is 10.0. The van der Waals surface area contributed by atoms with Crippen LogP contribution in [0, 0.1) is 6.92 Å².